The minimum atomic E-state index is -1.10. The topological polar surface area (TPSA) is 188 Å². The average molecular weight is 586 g/mol. The maximum absolute atomic E-state index is 13.3. The number of rotatable bonds is 6. The number of hydrogen-bond donors (Lipinski definition) is 3. The number of nitrogens with zero attached hydrogens (tertiary/aromatic N) is 5. The molecule has 2 fully saturated rings. The first kappa shape index (κ1) is 27.6. The third-order valence-corrected chi connectivity index (χ3v) is 7.74. The first-order chi connectivity index (χ1) is 20.7. The van der Waals surface area contributed by atoms with E-state index in [1.165, 1.54) is 18.2 Å². The second-order valence-corrected chi connectivity index (χ2v) is 10.3. The molecule has 2 saturated heterocycles. The maximum Gasteiger partial charge on any atom is 0.266 e. The Bertz CT molecular complexity index is 1670. The molecule has 6 rings (SSSR count). The van der Waals surface area contributed by atoms with Gasteiger partial charge in [-0.1, -0.05) is 18.2 Å². The van der Waals surface area contributed by atoms with Gasteiger partial charge in [0.05, 0.1) is 22.5 Å². The summed E-state index contributed by atoms with van der Waals surface area (Å²) < 4.78 is 5.75. The van der Waals surface area contributed by atoms with Gasteiger partial charge in [0.2, 0.25) is 11.8 Å². The Balaban J connectivity index is 1.10. The molecule has 3 aromatic rings. The maximum atomic E-state index is 13.3. The van der Waals surface area contributed by atoms with Crippen molar-refractivity contribution in [1.82, 2.24) is 25.3 Å². The Hall–Kier alpha value is -5.53. The van der Waals surface area contributed by atoms with Gasteiger partial charge >= 0.3 is 0 Å². The van der Waals surface area contributed by atoms with Crippen LogP contribution in [0.3, 0.4) is 0 Å². The second kappa shape index (κ2) is 11.0. The number of anilines is 2. The molecule has 4 heterocycles. The normalized spacial score (nSPS) is 18.5. The van der Waals surface area contributed by atoms with E-state index in [0.29, 0.717) is 43.1 Å². The number of ether oxygens (including phenoxy) is 1. The van der Waals surface area contributed by atoms with Crippen LogP contribution in [0.5, 0.6) is 11.5 Å². The van der Waals surface area contributed by atoms with Gasteiger partial charge in [-0.3, -0.25) is 34.2 Å². The van der Waals surface area contributed by atoms with E-state index in [9.17, 15) is 29.1 Å². The summed E-state index contributed by atoms with van der Waals surface area (Å²) in [4.78, 5) is 67.7. The molecule has 4 N–H and O–H groups in total. The fourth-order valence-electron chi connectivity index (χ4n) is 5.50. The molecule has 220 valence electrons. The number of imide groups is 2. The Labute approximate surface area is 245 Å². The van der Waals surface area contributed by atoms with E-state index in [0.717, 1.165) is 4.90 Å². The van der Waals surface area contributed by atoms with Gasteiger partial charge in [-0.05, 0) is 36.8 Å². The van der Waals surface area contributed by atoms with Crippen molar-refractivity contribution in [2.45, 2.75) is 18.9 Å². The van der Waals surface area contributed by atoms with Gasteiger partial charge in [0.25, 0.3) is 17.7 Å². The number of phenolic OH excluding ortho intramolecular Hbond substituents is 1. The summed E-state index contributed by atoms with van der Waals surface area (Å²) in [5.74, 6) is -2.49. The van der Waals surface area contributed by atoms with Crippen molar-refractivity contribution >= 4 is 41.0 Å². The number of nitrogen functional groups attached to an aromatic ring is 1. The molecule has 43 heavy (non-hydrogen) atoms. The van der Waals surface area contributed by atoms with Crippen LogP contribution in [-0.4, -0.2) is 93.5 Å². The van der Waals surface area contributed by atoms with Crippen molar-refractivity contribution in [1.29, 1.82) is 0 Å². The highest BCUT2D eigenvalue weighted by Crippen LogP contribution is 2.34. The molecule has 2 aromatic carbocycles. The fourth-order valence-corrected chi connectivity index (χ4v) is 5.50. The number of aromatic nitrogens is 2. The summed E-state index contributed by atoms with van der Waals surface area (Å²) in [6.45, 7) is 1.27. The number of nitrogens with one attached hydrogen (secondary N) is 1. The van der Waals surface area contributed by atoms with Crippen LogP contribution in [0.25, 0.3) is 11.3 Å². The lowest BCUT2D eigenvalue weighted by Crippen LogP contribution is -2.54. The number of fused-ring (bicyclic) bond motifs is 1. The van der Waals surface area contributed by atoms with Crippen molar-refractivity contribution in [3.63, 3.8) is 0 Å². The van der Waals surface area contributed by atoms with E-state index in [1.54, 1.807) is 35.2 Å². The van der Waals surface area contributed by atoms with Crippen LogP contribution in [0.15, 0.2) is 48.5 Å². The van der Waals surface area contributed by atoms with E-state index in [2.05, 4.69) is 15.5 Å². The van der Waals surface area contributed by atoms with Crippen LogP contribution in [0, 0.1) is 0 Å². The standard InChI is InChI=1S/C29H27N7O7/c30-26-20(14-18(32-33-26)16-4-1-2-6-21(16)37)34-10-12-35(13-11-34)24(39)15-43-22-7-3-5-17-25(22)29(42)36(28(17)41)19-8-9-23(38)31-27(19)40/h1-7,14,19,37H,8-13,15H2,(H2,30,33)(H,31,38,40). The zero-order chi connectivity index (χ0) is 30.2. The number of amides is 5. The van der Waals surface area contributed by atoms with Gasteiger partial charge < -0.3 is 25.4 Å². The highest BCUT2D eigenvalue weighted by atomic mass is 16.5. The molecule has 1 aromatic heterocycles. The summed E-state index contributed by atoms with van der Waals surface area (Å²) in [6, 6.07) is 11.9. The molecule has 0 radical (unpaired) electrons. The Morgan fingerprint density at radius 3 is 2.47 bits per heavy atom. The summed E-state index contributed by atoms with van der Waals surface area (Å²) >= 11 is 0. The molecule has 14 nitrogen and oxygen atoms in total. The summed E-state index contributed by atoms with van der Waals surface area (Å²) in [6.07, 6.45) is 0.0466. The molecule has 14 heteroatoms. The largest absolute Gasteiger partial charge is 0.507 e. The fraction of sp³-hybridized carbons (Fsp3) is 0.276. The zero-order valence-corrected chi connectivity index (χ0v) is 22.9. The monoisotopic (exact) mass is 585 g/mol. The number of aromatic hydroxyl groups is 1. The third kappa shape index (κ3) is 5.07. The lowest BCUT2D eigenvalue weighted by atomic mass is 10.0. The van der Waals surface area contributed by atoms with Crippen molar-refractivity contribution in [3.05, 3.63) is 59.7 Å². The number of carbonyl (C=O) groups is 5. The summed E-state index contributed by atoms with van der Waals surface area (Å²) in [5, 5.41) is 20.5. The van der Waals surface area contributed by atoms with Crippen LogP contribution in [-0.2, 0) is 14.4 Å². The number of carbonyl (C=O) groups excluding carboxylic acids is 5. The number of hydrogen-bond acceptors (Lipinski definition) is 11. The SMILES string of the molecule is Nc1nnc(-c2ccccc2O)cc1N1CCN(C(=O)COc2cccc3c2C(=O)N(C2CCC(=O)NC2=O)C3=O)CC1. The molecule has 3 aliphatic rings. The van der Waals surface area contributed by atoms with E-state index in [-0.39, 0.29) is 53.8 Å². The van der Waals surface area contributed by atoms with Gasteiger partial charge in [0.15, 0.2) is 12.4 Å². The van der Waals surface area contributed by atoms with Crippen molar-refractivity contribution in [3.8, 4) is 22.8 Å². The highest BCUT2D eigenvalue weighted by molar-refractivity contribution is 6.24. The smallest absolute Gasteiger partial charge is 0.266 e. The molecule has 3 aliphatic heterocycles. The minimum Gasteiger partial charge on any atom is -0.507 e. The number of piperazine rings is 1. The predicted octanol–water partition coefficient (Wildman–Crippen LogP) is 0.560. The van der Waals surface area contributed by atoms with Crippen molar-refractivity contribution < 1.29 is 33.8 Å². The Morgan fingerprint density at radius 2 is 1.72 bits per heavy atom. The number of nitrogens with two attached hydrogens (primary N) is 1. The van der Waals surface area contributed by atoms with Gasteiger partial charge in [-0.2, -0.15) is 0 Å². The quantitative estimate of drug-likeness (QED) is 0.343. The number of benzene rings is 2. The third-order valence-electron chi connectivity index (χ3n) is 7.74. The molecular weight excluding hydrogens is 558 g/mol. The van der Waals surface area contributed by atoms with E-state index in [1.807, 2.05) is 4.90 Å². The van der Waals surface area contributed by atoms with Crippen LogP contribution in [0.4, 0.5) is 11.5 Å². The molecule has 1 atom stereocenters. The Morgan fingerprint density at radius 1 is 0.977 bits per heavy atom. The Kier molecular flexibility index (Phi) is 7.09. The molecule has 0 spiro atoms. The first-order valence-corrected chi connectivity index (χ1v) is 13.6. The molecule has 5 amide bonds. The lowest BCUT2D eigenvalue weighted by molar-refractivity contribution is -0.136. The highest BCUT2D eigenvalue weighted by Gasteiger charge is 2.46. The first-order valence-electron chi connectivity index (χ1n) is 13.6. The minimum absolute atomic E-state index is 0.0109. The number of piperidine rings is 1. The van der Waals surface area contributed by atoms with Crippen LogP contribution >= 0.6 is 0 Å². The van der Waals surface area contributed by atoms with E-state index in [4.69, 9.17) is 10.5 Å². The van der Waals surface area contributed by atoms with Gasteiger partial charge in [0.1, 0.15) is 17.5 Å². The predicted molar refractivity (Wildman–Crippen MR) is 151 cm³/mol. The average Bonchev–Trinajstić information content (AvgIpc) is 3.26. The number of phenols is 1. The number of para-hydroxylation sites is 1. The summed E-state index contributed by atoms with van der Waals surface area (Å²) in [7, 11) is 0. The molecule has 1 unspecified atom stereocenters. The van der Waals surface area contributed by atoms with Crippen molar-refractivity contribution in [2.75, 3.05) is 43.4 Å². The van der Waals surface area contributed by atoms with Crippen LogP contribution in [0.2, 0.25) is 0 Å². The lowest BCUT2D eigenvalue weighted by Gasteiger charge is -2.36. The van der Waals surface area contributed by atoms with Crippen LogP contribution < -0.4 is 20.7 Å². The van der Waals surface area contributed by atoms with E-state index < -0.39 is 29.7 Å². The van der Waals surface area contributed by atoms with E-state index >= 15 is 0 Å². The van der Waals surface area contributed by atoms with Crippen molar-refractivity contribution in [2.24, 2.45) is 0 Å². The van der Waals surface area contributed by atoms with Crippen LogP contribution in [0.1, 0.15) is 33.6 Å². The van der Waals surface area contributed by atoms with Gasteiger partial charge in [-0.15, -0.1) is 10.2 Å². The molecule has 0 aliphatic carbocycles. The molecule has 0 saturated carbocycles. The molecular formula is C29H27N7O7. The van der Waals surface area contributed by atoms with Gasteiger partial charge in [-0.25, -0.2) is 0 Å². The molecule has 0 bridgehead atoms. The summed E-state index contributed by atoms with van der Waals surface area (Å²) in [5.41, 5.74) is 7.79. The second-order valence-electron chi connectivity index (χ2n) is 10.3. The zero-order valence-electron chi connectivity index (χ0n) is 22.9. The van der Waals surface area contributed by atoms with Gasteiger partial charge in [0, 0.05) is 38.2 Å².